The van der Waals surface area contributed by atoms with Crippen LogP contribution in [0.1, 0.15) is 23.0 Å². The number of amides is 1. The minimum Gasteiger partial charge on any atom is -0.461 e. The van der Waals surface area contributed by atoms with E-state index in [0.29, 0.717) is 22.0 Å². The Labute approximate surface area is 149 Å². The van der Waals surface area contributed by atoms with Gasteiger partial charge in [-0.25, -0.2) is 4.98 Å². The molecule has 1 amide bonds. The zero-order valence-corrected chi connectivity index (χ0v) is 14.2. The van der Waals surface area contributed by atoms with Gasteiger partial charge in [-0.1, -0.05) is 35.9 Å². The highest BCUT2D eigenvalue weighted by Crippen LogP contribution is 2.22. The fraction of sp³-hybridized carbons (Fsp3) is 0.105. The Balaban J connectivity index is 1.85. The summed E-state index contributed by atoms with van der Waals surface area (Å²) in [5.74, 6) is -0.759. The number of nitrogens with zero attached hydrogens (tertiary/aromatic N) is 1. The van der Waals surface area contributed by atoms with Crippen molar-refractivity contribution in [1.29, 1.82) is 0 Å². The molecule has 2 aromatic carbocycles. The third-order valence-corrected chi connectivity index (χ3v) is 3.81. The van der Waals surface area contributed by atoms with E-state index in [9.17, 15) is 9.59 Å². The van der Waals surface area contributed by atoms with Gasteiger partial charge in [0.05, 0.1) is 5.52 Å². The van der Waals surface area contributed by atoms with Gasteiger partial charge in [0.25, 0.3) is 5.91 Å². The van der Waals surface area contributed by atoms with Gasteiger partial charge in [-0.05, 0) is 30.3 Å². The number of pyridine rings is 1. The maximum atomic E-state index is 12.5. The second-order valence-electron chi connectivity index (χ2n) is 5.43. The van der Waals surface area contributed by atoms with Crippen molar-refractivity contribution in [2.45, 2.75) is 13.5 Å². The lowest BCUT2D eigenvalue weighted by Gasteiger charge is -2.12. The van der Waals surface area contributed by atoms with Crippen LogP contribution in [0.15, 0.2) is 54.6 Å². The maximum absolute atomic E-state index is 12.5. The van der Waals surface area contributed by atoms with Crippen LogP contribution in [0.4, 0.5) is 5.69 Å². The topological polar surface area (TPSA) is 68.3 Å². The van der Waals surface area contributed by atoms with Crippen molar-refractivity contribution in [1.82, 2.24) is 4.98 Å². The van der Waals surface area contributed by atoms with Gasteiger partial charge in [-0.3, -0.25) is 9.59 Å². The number of carbonyl (C=O) groups is 2. The summed E-state index contributed by atoms with van der Waals surface area (Å²) in [5.41, 5.74) is 2.17. The average Bonchev–Trinajstić information content (AvgIpc) is 2.61. The Morgan fingerprint density at radius 2 is 1.92 bits per heavy atom. The molecule has 3 rings (SSSR count). The molecule has 0 spiro atoms. The van der Waals surface area contributed by atoms with Crippen LogP contribution in [0.2, 0.25) is 5.02 Å². The van der Waals surface area contributed by atoms with Crippen molar-refractivity contribution < 1.29 is 14.3 Å². The van der Waals surface area contributed by atoms with E-state index < -0.39 is 5.97 Å². The Bertz CT molecular complexity index is 956. The molecule has 1 aromatic heterocycles. The molecule has 126 valence electrons. The van der Waals surface area contributed by atoms with E-state index in [1.54, 1.807) is 24.3 Å². The summed E-state index contributed by atoms with van der Waals surface area (Å²) in [6, 6.07) is 16.0. The number of benzene rings is 2. The molecule has 0 aliphatic carbocycles. The van der Waals surface area contributed by atoms with E-state index in [1.165, 1.54) is 6.92 Å². The van der Waals surface area contributed by atoms with E-state index in [1.807, 2.05) is 30.3 Å². The summed E-state index contributed by atoms with van der Waals surface area (Å²) in [5, 5.41) is 4.24. The third kappa shape index (κ3) is 4.14. The minimum absolute atomic E-state index is 0.0245. The Morgan fingerprint density at radius 3 is 2.72 bits per heavy atom. The van der Waals surface area contributed by atoms with E-state index >= 15 is 0 Å². The molecule has 0 saturated carbocycles. The monoisotopic (exact) mass is 354 g/mol. The van der Waals surface area contributed by atoms with Crippen LogP contribution in [0.5, 0.6) is 0 Å². The molecular formula is C19H15ClN2O3. The molecule has 1 heterocycles. The summed E-state index contributed by atoms with van der Waals surface area (Å²) in [7, 11) is 0. The summed E-state index contributed by atoms with van der Waals surface area (Å²) < 4.78 is 5.00. The molecule has 0 atom stereocenters. The molecular weight excluding hydrogens is 340 g/mol. The molecule has 5 nitrogen and oxygen atoms in total. The molecule has 0 fully saturated rings. The molecule has 0 aliphatic heterocycles. The van der Waals surface area contributed by atoms with Gasteiger partial charge in [0.1, 0.15) is 12.3 Å². The number of anilines is 1. The number of fused-ring (bicyclic) bond motifs is 1. The first-order valence-corrected chi connectivity index (χ1v) is 7.99. The molecule has 3 aromatic rings. The predicted octanol–water partition coefficient (Wildman–Crippen LogP) is 4.20. The minimum atomic E-state index is -0.409. The highest BCUT2D eigenvalue weighted by Gasteiger charge is 2.12. The summed E-state index contributed by atoms with van der Waals surface area (Å²) in [4.78, 5) is 27.9. The second-order valence-corrected chi connectivity index (χ2v) is 5.86. The summed E-state index contributed by atoms with van der Waals surface area (Å²) in [6.45, 7) is 1.35. The summed E-state index contributed by atoms with van der Waals surface area (Å²) in [6.07, 6.45) is 0. The van der Waals surface area contributed by atoms with Crippen molar-refractivity contribution in [3.05, 3.63) is 70.9 Å². The lowest BCUT2D eigenvalue weighted by atomic mass is 10.1. The zero-order chi connectivity index (χ0) is 17.8. The van der Waals surface area contributed by atoms with Gasteiger partial charge in [-0.2, -0.15) is 0 Å². The fourth-order valence-corrected chi connectivity index (χ4v) is 2.56. The third-order valence-electron chi connectivity index (χ3n) is 3.58. The van der Waals surface area contributed by atoms with Crippen LogP contribution >= 0.6 is 11.6 Å². The lowest BCUT2D eigenvalue weighted by Crippen LogP contribution is -2.15. The maximum Gasteiger partial charge on any atom is 0.302 e. The van der Waals surface area contributed by atoms with E-state index in [0.717, 1.165) is 10.9 Å². The normalized spacial score (nSPS) is 10.5. The molecule has 25 heavy (non-hydrogen) atoms. The zero-order valence-electron chi connectivity index (χ0n) is 13.5. The molecule has 0 radical (unpaired) electrons. The quantitative estimate of drug-likeness (QED) is 0.713. The van der Waals surface area contributed by atoms with Crippen LogP contribution in [-0.4, -0.2) is 16.9 Å². The van der Waals surface area contributed by atoms with Gasteiger partial charge in [0, 0.05) is 28.6 Å². The van der Waals surface area contributed by atoms with Crippen molar-refractivity contribution in [2.75, 3.05) is 5.32 Å². The SMILES string of the molecule is CC(=O)OCc1cc(Cl)ccc1NC(=O)c1ccc2ccccc2n1. The van der Waals surface area contributed by atoms with Gasteiger partial charge < -0.3 is 10.1 Å². The van der Waals surface area contributed by atoms with Gasteiger partial charge in [0.2, 0.25) is 0 Å². The predicted molar refractivity (Wildman–Crippen MR) is 96.6 cm³/mol. The number of aromatic nitrogens is 1. The van der Waals surface area contributed by atoms with E-state index in [2.05, 4.69) is 10.3 Å². The Hall–Kier alpha value is -2.92. The van der Waals surface area contributed by atoms with Crippen LogP contribution in [0.3, 0.4) is 0 Å². The first-order valence-electron chi connectivity index (χ1n) is 7.62. The molecule has 0 aliphatic rings. The van der Waals surface area contributed by atoms with Gasteiger partial charge in [-0.15, -0.1) is 0 Å². The van der Waals surface area contributed by atoms with Crippen molar-refractivity contribution in [2.24, 2.45) is 0 Å². The fourth-order valence-electron chi connectivity index (χ4n) is 2.36. The molecule has 0 saturated heterocycles. The highest BCUT2D eigenvalue weighted by atomic mass is 35.5. The number of para-hydroxylation sites is 1. The number of hydrogen-bond acceptors (Lipinski definition) is 4. The van der Waals surface area contributed by atoms with E-state index in [-0.39, 0.29) is 12.5 Å². The first-order chi connectivity index (χ1) is 12.0. The highest BCUT2D eigenvalue weighted by molar-refractivity contribution is 6.30. The Morgan fingerprint density at radius 1 is 1.12 bits per heavy atom. The number of hydrogen-bond donors (Lipinski definition) is 1. The smallest absolute Gasteiger partial charge is 0.302 e. The van der Waals surface area contributed by atoms with Crippen molar-refractivity contribution >= 4 is 40.1 Å². The lowest BCUT2D eigenvalue weighted by molar-refractivity contribution is -0.142. The number of esters is 1. The van der Waals surface area contributed by atoms with E-state index in [4.69, 9.17) is 16.3 Å². The first kappa shape index (κ1) is 16.9. The second kappa shape index (κ2) is 7.32. The van der Waals surface area contributed by atoms with Crippen LogP contribution < -0.4 is 5.32 Å². The number of rotatable bonds is 4. The van der Waals surface area contributed by atoms with Crippen LogP contribution in [0, 0.1) is 0 Å². The molecule has 0 bridgehead atoms. The summed E-state index contributed by atoms with van der Waals surface area (Å²) >= 11 is 5.99. The Kier molecular flexibility index (Phi) is 4.95. The molecule has 0 unspecified atom stereocenters. The number of carbonyl (C=O) groups excluding carboxylic acids is 2. The van der Waals surface area contributed by atoms with Crippen molar-refractivity contribution in [3.63, 3.8) is 0 Å². The molecule has 6 heteroatoms. The van der Waals surface area contributed by atoms with Crippen LogP contribution in [0.25, 0.3) is 10.9 Å². The number of nitrogens with one attached hydrogen (secondary N) is 1. The number of ether oxygens (including phenoxy) is 1. The average molecular weight is 355 g/mol. The standard InChI is InChI=1S/C19H15ClN2O3/c1-12(23)25-11-14-10-15(20)7-9-17(14)22-19(24)18-8-6-13-4-2-3-5-16(13)21-18/h2-10H,11H2,1H3,(H,22,24). The van der Waals surface area contributed by atoms with Gasteiger partial charge in [0.15, 0.2) is 0 Å². The molecule has 1 N–H and O–H groups in total. The van der Waals surface area contributed by atoms with Crippen molar-refractivity contribution in [3.8, 4) is 0 Å². The number of halogens is 1. The van der Waals surface area contributed by atoms with Gasteiger partial charge >= 0.3 is 5.97 Å². The largest absolute Gasteiger partial charge is 0.461 e. The van der Waals surface area contributed by atoms with Crippen LogP contribution in [-0.2, 0) is 16.1 Å².